The molecule has 0 N–H and O–H groups in total. The van der Waals surface area contributed by atoms with Gasteiger partial charge in [-0.15, -0.1) is 9.81 Å². The molecule has 0 unspecified atom stereocenters. The second-order valence-electron chi connectivity index (χ2n) is 3.90. The van der Waals surface area contributed by atoms with Gasteiger partial charge in [-0.2, -0.15) is 0 Å². The summed E-state index contributed by atoms with van der Waals surface area (Å²) in [4.78, 5) is 25.1. The van der Waals surface area contributed by atoms with Crippen LogP contribution < -0.4 is 0 Å². The normalized spacial score (nSPS) is 10.5. The molecular formula is C13H7N3O3. The third-order valence-electron chi connectivity index (χ3n) is 2.70. The van der Waals surface area contributed by atoms with E-state index in [0.29, 0.717) is 28.4 Å². The molecule has 0 aliphatic rings. The Morgan fingerprint density at radius 2 is 1.58 bits per heavy atom. The van der Waals surface area contributed by atoms with Gasteiger partial charge in [0.15, 0.2) is 5.58 Å². The summed E-state index contributed by atoms with van der Waals surface area (Å²) in [5.74, 6) is 0.412. The summed E-state index contributed by atoms with van der Waals surface area (Å²) in [6, 6.07) is 11.3. The van der Waals surface area contributed by atoms with Gasteiger partial charge in [-0.25, -0.2) is 4.98 Å². The Balaban J connectivity index is 2.08. The number of aromatic nitrogens is 1. The maximum absolute atomic E-state index is 10.4. The molecule has 19 heavy (non-hydrogen) atoms. The minimum absolute atomic E-state index is 0.299. The Kier molecular flexibility index (Phi) is 2.60. The quantitative estimate of drug-likeness (QED) is 0.651. The highest BCUT2D eigenvalue weighted by Gasteiger charge is 2.09. The molecule has 92 valence electrons. The number of hydrogen-bond donors (Lipinski definition) is 0. The molecule has 0 atom stereocenters. The lowest BCUT2D eigenvalue weighted by molar-refractivity contribution is 0.620. The molecule has 0 bridgehead atoms. The van der Waals surface area contributed by atoms with E-state index in [0.717, 1.165) is 5.56 Å². The van der Waals surface area contributed by atoms with Crippen LogP contribution in [0.1, 0.15) is 0 Å². The highest BCUT2D eigenvalue weighted by Crippen LogP contribution is 2.28. The van der Waals surface area contributed by atoms with Crippen LogP contribution in [0.25, 0.3) is 22.6 Å². The van der Waals surface area contributed by atoms with Crippen molar-refractivity contribution in [2.75, 3.05) is 0 Å². The summed E-state index contributed by atoms with van der Waals surface area (Å²) in [6.07, 6.45) is 0. The molecule has 0 radical (unpaired) electrons. The molecule has 2 aromatic carbocycles. The lowest BCUT2D eigenvalue weighted by Gasteiger charge is -1.93. The van der Waals surface area contributed by atoms with E-state index < -0.39 is 0 Å². The number of oxazole rings is 1. The van der Waals surface area contributed by atoms with Crippen molar-refractivity contribution in [2.45, 2.75) is 0 Å². The van der Waals surface area contributed by atoms with Crippen molar-refractivity contribution in [1.29, 1.82) is 0 Å². The summed E-state index contributed by atoms with van der Waals surface area (Å²) < 4.78 is 5.56. The first-order valence-electron chi connectivity index (χ1n) is 5.48. The summed E-state index contributed by atoms with van der Waals surface area (Å²) in [5, 5.41) is 5.67. The number of fused-ring (bicyclic) bond motifs is 1. The molecule has 0 saturated carbocycles. The predicted octanol–water partition coefficient (Wildman–Crippen LogP) is 4.29. The minimum Gasteiger partial charge on any atom is -0.436 e. The van der Waals surface area contributed by atoms with Crippen LogP contribution in [0, 0.1) is 9.81 Å². The lowest BCUT2D eigenvalue weighted by atomic mass is 10.2. The average Bonchev–Trinajstić information content (AvgIpc) is 2.90. The summed E-state index contributed by atoms with van der Waals surface area (Å²) in [5.41, 5.74) is 2.49. The first-order chi connectivity index (χ1) is 9.30. The van der Waals surface area contributed by atoms with Crippen molar-refractivity contribution >= 4 is 22.5 Å². The van der Waals surface area contributed by atoms with Crippen molar-refractivity contribution in [3.05, 3.63) is 52.3 Å². The van der Waals surface area contributed by atoms with Crippen LogP contribution in [0.4, 0.5) is 11.4 Å². The highest BCUT2D eigenvalue weighted by atomic mass is 16.3. The summed E-state index contributed by atoms with van der Waals surface area (Å²) >= 11 is 0. The topological polar surface area (TPSA) is 84.9 Å². The highest BCUT2D eigenvalue weighted by molar-refractivity contribution is 5.79. The number of nitroso groups, excluding NO2 is 2. The maximum Gasteiger partial charge on any atom is 0.227 e. The van der Waals surface area contributed by atoms with Crippen LogP contribution in [-0.4, -0.2) is 4.98 Å². The Morgan fingerprint density at radius 1 is 0.895 bits per heavy atom. The summed E-state index contributed by atoms with van der Waals surface area (Å²) in [6.45, 7) is 0. The van der Waals surface area contributed by atoms with Crippen LogP contribution in [0.3, 0.4) is 0 Å². The second kappa shape index (κ2) is 4.41. The Bertz CT molecular complexity index is 762. The van der Waals surface area contributed by atoms with Gasteiger partial charge < -0.3 is 4.42 Å². The zero-order valence-electron chi connectivity index (χ0n) is 9.61. The van der Waals surface area contributed by atoms with Crippen LogP contribution in [0.5, 0.6) is 0 Å². The molecule has 0 aliphatic heterocycles. The van der Waals surface area contributed by atoms with Crippen molar-refractivity contribution < 1.29 is 4.42 Å². The van der Waals surface area contributed by atoms with E-state index in [4.69, 9.17) is 4.42 Å². The molecule has 6 heteroatoms. The van der Waals surface area contributed by atoms with Crippen LogP contribution in [0.15, 0.2) is 57.2 Å². The molecule has 0 amide bonds. The number of hydrogen-bond acceptors (Lipinski definition) is 6. The third-order valence-corrected chi connectivity index (χ3v) is 2.70. The van der Waals surface area contributed by atoms with Crippen LogP contribution in [-0.2, 0) is 0 Å². The largest absolute Gasteiger partial charge is 0.436 e. The average molecular weight is 253 g/mol. The van der Waals surface area contributed by atoms with Gasteiger partial charge in [0.1, 0.15) is 16.9 Å². The van der Waals surface area contributed by atoms with Crippen molar-refractivity contribution in [1.82, 2.24) is 4.98 Å². The van der Waals surface area contributed by atoms with E-state index in [-0.39, 0.29) is 0 Å². The van der Waals surface area contributed by atoms with Crippen LogP contribution >= 0.6 is 0 Å². The van der Waals surface area contributed by atoms with Crippen molar-refractivity contribution in [3.8, 4) is 11.5 Å². The Morgan fingerprint density at radius 3 is 2.26 bits per heavy atom. The summed E-state index contributed by atoms with van der Waals surface area (Å²) in [7, 11) is 0. The Hall–Kier alpha value is -2.89. The monoisotopic (exact) mass is 253 g/mol. The molecule has 6 nitrogen and oxygen atoms in total. The molecule has 0 saturated heterocycles. The van der Waals surface area contributed by atoms with Gasteiger partial charge in [0.25, 0.3) is 0 Å². The second-order valence-corrected chi connectivity index (χ2v) is 3.90. The van der Waals surface area contributed by atoms with E-state index in [2.05, 4.69) is 15.3 Å². The van der Waals surface area contributed by atoms with Gasteiger partial charge in [-0.05, 0) is 52.8 Å². The molecule has 0 aliphatic carbocycles. The first kappa shape index (κ1) is 11.2. The van der Waals surface area contributed by atoms with Crippen molar-refractivity contribution in [3.63, 3.8) is 0 Å². The zero-order chi connectivity index (χ0) is 13.2. The first-order valence-corrected chi connectivity index (χ1v) is 5.48. The molecule has 1 heterocycles. The number of nitrogens with zero attached hydrogens (tertiary/aromatic N) is 3. The fourth-order valence-electron chi connectivity index (χ4n) is 1.76. The third kappa shape index (κ3) is 1.99. The molecule has 3 rings (SSSR count). The molecule has 0 spiro atoms. The van der Waals surface area contributed by atoms with Gasteiger partial charge in [0, 0.05) is 5.56 Å². The van der Waals surface area contributed by atoms with Crippen molar-refractivity contribution in [2.24, 2.45) is 10.4 Å². The predicted molar refractivity (Wildman–Crippen MR) is 70.4 cm³/mol. The van der Waals surface area contributed by atoms with Gasteiger partial charge in [-0.3, -0.25) is 0 Å². The van der Waals surface area contributed by atoms with Gasteiger partial charge in [-0.1, -0.05) is 0 Å². The maximum atomic E-state index is 10.4. The number of rotatable bonds is 3. The van der Waals surface area contributed by atoms with Crippen LogP contribution in [0.2, 0.25) is 0 Å². The van der Waals surface area contributed by atoms with E-state index in [1.165, 1.54) is 0 Å². The Labute approximate surface area is 107 Å². The zero-order valence-corrected chi connectivity index (χ0v) is 9.61. The van der Waals surface area contributed by atoms with E-state index in [1.54, 1.807) is 42.5 Å². The lowest BCUT2D eigenvalue weighted by Crippen LogP contribution is -1.75. The standard InChI is InChI=1S/C13H7N3O3/c17-15-9-3-1-8(2-4-9)13-14-11-7-10(16-18)5-6-12(11)19-13/h1-7H. The molecular weight excluding hydrogens is 246 g/mol. The van der Waals surface area contributed by atoms with Gasteiger partial charge in [0.05, 0.1) is 0 Å². The smallest absolute Gasteiger partial charge is 0.227 e. The molecule has 1 aromatic heterocycles. The minimum atomic E-state index is 0.299. The fourth-order valence-corrected chi connectivity index (χ4v) is 1.76. The number of benzene rings is 2. The van der Waals surface area contributed by atoms with Gasteiger partial charge in [0.2, 0.25) is 5.89 Å². The van der Waals surface area contributed by atoms with E-state index in [9.17, 15) is 9.81 Å². The fraction of sp³-hybridized carbons (Fsp3) is 0. The SMILES string of the molecule is O=Nc1ccc(-c2nc3cc(N=O)ccc3o2)cc1. The molecule has 0 fully saturated rings. The van der Waals surface area contributed by atoms with E-state index in [1.807, 2.05) is 0 Å². The molecule has 3 aromatic rings. The van der Waals surface area contributed by atoms with Gasteiger partial charge >= 0.3 is 0 Å². The van der Waals surface area contributed by atoms with E-state index >= 15 is 0 Å².